The summed E-state index contributed by atoms with van der Waals surface area (Å²) in [5, 5.41) is 13.1. The van der Waals surface area contributed by atoms with Crippen molar-refractivity contribution in [2.24, 2.45) is 0 Å². The molecule has 0 fully saturated rings. The number of nitrogens with zero attached hydrogens (tertiary/aromatic N) is 2. The number of hydrogen-bond donors (Lipinski definition) is 2. The topological polar surface area (TPSA) is 73.3 Å². The van der Waals surface area contributed by atoms with Gasteiger partial charge in [-0.05, 0) is 24.3 Å². The van der Waals surface area contributed by atoms with E-state index in [1.807, 2.05) is 24.3 Å². The third kappa shape index (κ3) is 3.24. The molecule has 0 bridgehead atoms. The highest BCUT2D eigenvalue weighted by molar-refractivity contribution is 9.10. The Balaban J connectivity index is 1.97. The highest BCUT2D eigenvalue weighted by atomic mass is 79.9. The van der Waals surface area contributed by atoms with Gasteiger partial charge < -0.3 is 15.6 Å². The molecule has 5 nitrogen and oxygen atoms in total. The van der Waals surface area contributed by atoms with E-state index >= 15 is 0 Å². The fourth-order valence-corrected chi connectivity index (χ4v) is 1.78. The van der Waals surface area contributed by atoms with E-state index in [2.05, 4.69) is 21.0 Å². The Morgan fingerprint density at radius 2 is 2.06 bits per heavy atom. The molecule has 0 saturated heterocycles. The van der Waals surface area contributed by atoms with E-state index in [9.17, 15) is 0 Å². The highest BCUT2D eigenvalue weighted by Gasteiger charge is 2.05. The second-order valence-electron chi connectivity index (χ2n) is 3.75. The number of hydrogen-bond acceptors (Lipinski definition) is 4. The summed E-state index contributed by atoms with van der Waals surface area (Å²) in [5.41, 5.74) is 6.48. The summed E-state index contributed by atoms with van der Waals surface area (Å²) in [7, 11) is 0. The van der Waals surface area contributed by atoms with Gasteiger partial charge in [0.2, 0.25) is 0 Å². The van der Waals surface area contributed by atoms with Crippen LogP contribution in [0.5, 0.6) is 5.75 Å². The van der Waals surface area contributed by atoms with E-state index in [0.717, 1.165) is 15.9 Å². The van der Waals surface area contributed by atoms with Gasteiger partial charge in [0, 0.05) is 10.5 Å². The molecule has 0 atom stereocenters. The fourth-order valence-electron chi connectivity index (χ4n) is 1.52. The molecule has 3 N–H and O–H groups in total. The lowest BCUT2D eigenvalue weighted by molar-refractivity contribution is 0.267. The number of nitrogens with two attached hydrogens (primary N) is 1. The standard InChI is InChI=1S/C12H14BrN3O2/c13-9-1-3-11(4-2-9)18-8-10-7-12(14)16(15-10)5-6-17/h1-4,7,17H,5-6,8,14H2. The van der Waals surface area contributed by atoms with Gasteiger partial charge in [-0.25, -0.2) is 4.68 Å². The highest BCUT2D eigenvalue weighted by Crippen LogP contribution is 2.17. The van der Waals surface area contributed by atoms with Crippen LogP contribution in [0.4, 0.5) is 5.82 Å². The van der Waals surface area contributed by atoms with Gasteiger partial charge in [0.05, 0.1) is 13.2 Å². The van der Waals surface area contributed by atoms with Gasteiger partial charge >= 0.3 is 0 Å². The van der Waals surface area contributed by atoms with Gasteiger partial charge in [0.15, 0.2) is 0 Å². The van der Waals surface area contributed by atoms with Crippen molar-refractivity contribution in [2.75, 3.05) is 12.3 Å². The third-order valence-electron chi connectivity index (χ3n) is 2.37. The normalized spacial score (nSPS) is 10.6. The van der Waals surface area contributed by atoms with Gasteiger partial charge in [0.25, 0.3) is 0 Å². The number of aliphatic hydroxyl groups excluding tert-OH is 1. The zero-order valence-electron chi connectivity index (χ0n) is 9.71. The molecular formula is C12H14BrN3O2. The van der Waals surface area contributed by atoms with E-state index < -0.39 is 0 Å². The van der Waals surface area contributed by atoms with E-state index in [1.165, 1.54) is 0 Å². The molecule has 18 heavy (non-hydrogen) atoms. The number of anilines is 1. The monoisotopic (exact) mass is 311 g/mol. The number of halogens is 1. The van der Waals surface area contributed by atoms with Crippen molar-refractivity contribution < 1.29 is 9.84 Å². The Morgan fingerprint density at radius 3 is 2.72 bits per heavy atom. The fraction of sp³-hybridized carbons (Fsp3) is 0.250. The maximum absolute atomic E-state index is 8.84. The molecule has 0 aliphatic carbocycles. The molecular weight excluding hydrogens is 298 g/mol. The van der Waals surface area contributed by atoms with Crippen molar-refractivity contribution in [1.29, 1.82) is 0 Å². The van der Waals surface area contributed by atoms with Crippen LogP contribution in [0.15, 0.2) is 34.8 Å². The lowest BCUT2D eigenvalue weighted by Crippen LogP contribution is -2.08. The third-order valence-corrected chi connectivity index (χ3v) is 2.90. The Kier molecular flexibility index (Phi) is 4.22. The first kappa shape index (κ1) is 12.9. The number of rotatable bonds is 5. The van der Waals surface area contributed by atoms with Gasteiger partial charge in [-0.1, -0.05) is 15.9 Å². The van der Waals surface area contributed by atoms with E-state index in [1.54, 1.807) is 10.7 Å². The summed E-state index contributed by atoms with van der Waals surface area (Å²) < 4.78 is 8.14. The molecule has 0 saturated carbocycles. The molecule has 2 aromatic rings. The van der Waals surface area contributed by atoms with Gasteiger partial charge in [0.1, 0.15) is 23.9 Å². The van der Waals surface area contributed by atoms with Crippen LogP contribution in [0.3, 0.4) is 0 Å². The smallest absolute Gasteiger partial charge is 0.132 e. The van der Waals surface area contributed by atoms with Crippen molar-refractivity contribution in [3.8, 4) is 5.75 Å². The molecule has 0 spiro atoms. The number of ether oxygens (including phenoxy) is 1. The first-order chi connectivity index (χ1) is 8.69. The second kappa shape index (κ2) is 5.88. The van der Waals surface area contributed by atoms with Gasteiger partial charge in [-0.15, -0.1) is 0 Å². The lowest BCUT2D eigenvalue weighted by Gasteiger charge is -2.03. The van der Waals surface area contributed by atoms with E-state index in [-0.39, 0.29) is 6.61 Å². The molecule has 0 radical (unpaired) electrons. The largest absolute Gasteiger partial charge is 0.487 e. The van der Waals surface area contributed by atoms with Crippen LogP contribution in [0, 0.1) is 0 Å². The van der Waals surface area contributed by atoms with Crippen molar-refractivity contribution in [3.05, 3.63) is 40.5 Å². The summed E-state index contributed by atoms with van der Waals surface area (Å²) in [6, 6.07) is 9.31. The Bertz CT molecular complexity index is 511. The Morgan fingerprint density at radius 1 is 1.33 bits per heavy atom. The molecule has 2 rings (SSSR count). The first-order valence-electron chi connectivity index (χ1n) is 5.50. The maximum Gasteiger partial charge on any atom is 0.132 e. The second-order valence-corrected chi connectivity index (χ2v) is 4.67. The summed E-state index contributed by atoms with van der Waals surface area (Å²) in [4.78, 5) is 0. The van der Waals surface area contributed by atoms with Gasteiger partial charge in [-0.2, -0.15) is 5.10 Å². The summed E-state index contributed by atoms with van der Waals surface area (Å²) in [5.74, 6) is 1.30. The summed E-state index contributed by atoms with van der Waals surface area (Å²) in [6.45, 7) is 0.757. The average molecular weight is 312 g/mol. The minimum atomic E-state index is 0.0128. The minimum Gasteiger partial charge on any atom is -0.487 e. The first-order valence-corrected chi connectivity index (χ1v) is 6.30. The van der Waals surface area contributed by atoms with Crippen molar-refractivity contribution in [1.82, 2.24) is 9.78 Å². The number of benzene rings is 1. The van der Waals surface area contributed by atoms with Crippen LogP contribution in [0.2, 0.25) is 0 Å². The molecule has 6 heteroatoms. The predicted molar refractivity (Wildman–Crippen MR) is 72.2 cm³/mol. The minimum absolute atomic E-state index is 0.0128. The molecule has 0 unspecified atom stereocenters. The maximum atomic E-state index is 8.84. The van der Waals surface area contributed by atoms with Crippen molar-refractivity contribution >= 4 is 21.7 Å². The van der Waals surface area contributed by atoms with Crippen LogP contribution >= 0.6 is 15.9 Å². The zero-order valence-corrected chi connectivity index (χ0v) is 11.3. The Hall–Kier alpha value is -1.53. The van der Waals surface area contributed by atoms with Crippen molar-refractivity contribution in [3.63, 3.8) is 0 Å². The van der Waals surface area contributed by atoms with Crippen LogP contribution in [-0.4, -0.2) is 21.5 Å². The molecule has 96 valence electrons. The Labute approximate surface area is 113 Å². The van der Waals surface area contributed by atoms with Crippen LogP contribution < -0.4 is 10.5 Å². The summed E-state index contributed by atoms with van der Waals surface area (Å²) >= 11 is 3.36. The average Bonchev–Trinajstić information content (AvgIpc) is 2.70. The molecule has 0 amide bonds. The van der Waals surface area contributed by atoms with E-state index in [0.29, 0.717) is 19.0 Å². The van der Waals surface area contributed by atoms with Crippen molar-refractivity contribution in [2.45, 2.75) is 13.2 Å². The van der Waals surface area contributed by atoms with Crippen LogP contribution in [0.1, 0.15) is 5.69 Å². The molecule has 0 aliphatic rings. The van der Waals surface area contributed by atoms with Crippen LogP contribution in [0.25, 0.3) is 0 Å². The van der Waals surface area contributed by atoms with Gasteiger partial charge in [-0.3, -0.25) is 0 Å². The zero-order chi connectivity index (χ0) is 13.0. The molecule has 1 aromatic heterocycles. The quantitative estimate of drug-likeness (QED) is 0.883. The van der Waals surface area contributed by atoms with Crippen LogP contribution in [-0.2, 0) is 13.2 Å². The molecule has 1 heterocycles. The molecule has 0 aliphatic heterocycles. The lowest BCUT2D eigenvalue weighted by atomic mass is 10.3. The SMILES string of the molecule is Nc1cc(COc2ccc(Br)cc2)nn1CCO. The van der Waals surface area contributed by atoms with E-state index in [4.69, 9.17) is 15.6 Å². The summed E-state index contributed by atoms with van der Waals surface area (Å²) in [6.07, 6.45) is 0. The number of aromatic nitrogens is 2. The number of nitrogen functional groups attached to an aromatic ring is 1. The number of aliphatic hydroxyl groups is 1. The predicted octanol–water partition coefficient (Wildman–Crippen LogP) is 1.80. The molecule has 1 aromatic carbocycles.